The lowest BCUT2D eigenvalue weighted by Gasteiger charge is -2.32. The monoisotopic (exact) mass is 375 g/mol. The summed E-state index contributed by atoms with van der Waals surface area (Å²) in [7, 11) is 0. The Morgan fingerprint density at radius 2 is 2.13 bits per heavy atom. The zero-order chi connectivity index (χ0) is 16.8. The van der Waals surface area contributed by atoms with Crippen LogP contribution in [0.15, 0.2) is 23.1 Å². The second-order valence-corrected chi connectivity index (χ2v) is 7.50. The first-order chi connectivity index (χ1) is 11.0. The fourth-order valence-corrected chi connectivity index (χ4v) is 4.07. The van der Waals surface area contributed by atoms with E-state index in [4.69, 9.17) is 28.3 Å². The maximum Gasteiger partial charge on any atom is 0.303 e. The van der Waals surface area contributed by atoms with Gasteiger partial charge in [0.05, 0.1) is 10.8 Å². The van der Waals surface area contributed by atoms with Gasteiger partial charge in [-0.2, -0.15) is 0 Å². The molecule has 1 heterocycles. The van der Waals surface area contributed by atoms with Gasteiger partial charge in [0, 0.05) is 29.4 Å². The maximum absolute atomic E-state index is 12.4. The first kappa shape index (κ1) is 18.4. The number of thioether (sulfide) groups is 1. The van der Waals surface area contributed by atoms with E-state index < -0.39 is 5.97 Å². The minimum absolute atomic E-state index is 0.0612. The Kier molecular flexibility index (Phi) is 7.06. The van der Waals surface area contributed by atoms with E-state index >= 15 is 0 Å². The van der Waals surface area contributed by atoms with Gasteiger partial charge in [0.1, 0.15) is 0 Å². The quantitative estimate of drug-likeness (QED) is 0.757. The Hall–Kier alpha value is -0.910. The Morgan fingerprint density at radius 1 is 1.35 bits per heavy atom. The van der Waals surface area contributed by atoms with Gasteiger partial charge in [0.15, 0.2) is 0 Å². The molecule has 1 aromatic rings. The molecule has 0 spiro atoms. The highest BCUT2D eigenvalue weighted by molar-refractivity contribution is 8.00. The van der Waals surface area contributed by atoms with Gasteiger partial charge in [-0.15, -0.1) is 11.8 Å². The molecule has 1 aliphatic heterocycles. The molecule has 0 aromatic heterocycles. The molecule has 1 aromatic carbocycles. The van der Waals surface area contributed by atoms with E-state index in [1.807, 2.05) is 4.90 Å². The smallest absolute Gasteiger partial charge is 0.303 e. The molecule has 0 saturated carbocycles. The largest absolute Gasteiger partial charge is 0.481 e. The van der Waals surface area contributed by atoms with Gasteiger partial charge in [0.25, 0.3) is 0 Å². The van der Waals surface area contributed by atoms with Gasteiger partial charge in [-0.3, -0.25) is 9.59 Å². The highest BCUT2D eigenvalue weighted by Gasteiger charge is 2.24. The summed E-state index contributed by atoms with van der Waals surface area (Å²) in [6, 6.07) is 5.20. The van der Waals surface area contributed by atoms with Crippen LogP contribution < -0.4 is 0 Å². The molecule has 1 amide bonds. The average Bonchev–Trinajstić information content (AvgIpc) is 2.53. The van der Waals surface area contributed by atoms with Crippen molar-refractivity contribution in [3.63, 3.8) is 0 Å². The van der Waals surface area contributed by atoms with Crippen LogP contribution in [0.1, 0.15) is 25.7 Å². The second kappa shape index (κ2) is 8.81. The molecular weight excluding hydrogens is 357 g/mol. The van der Waals surface area contributed by atoms with Gasteiger partial charge in [-0.05, 0) is 43.4 Å². The number of carbonyl (C=O) groups is 2. The first-order valence-corrected chi connectivity index (χ1v) is 9.27. The van der Waals surface area contributed by atoms with E-state index in [2.05, 4.69) is 0 Å². The van der Waals surface area contributed by atoms with Crippen molar-refractivity contribution in [2.24, 2.45) is 5.92 Å². The molecule has 1 atom stereocenters. The lowest BCUT2D eigenvalue weighted by Crippen LogP contribution is -2.41. The summed E-state index contributed by atoms with van der Waals surface area (Å²) in [4.78, 5) is 25.7. The van der Waals surface area contributed by atoms with Crippen molar-refractivity contribution in [3.8, 4) is 0 Å². The van der Waals surface area contributed by atoms with E-state index in [1.54, 1.807) is 18.2 Å². The Balaban J connectivity index is 1.85. The molecule has 1 aliphatic rings. The minimum Gasteiger partial charge on any atom is -0.481 e. The zero-order valence-electron chi connectivity index (χ0n) is 12.6. The topological polar surface area (TPSA) is 57.6 Å². The maximum atomic E-state index is 12.4. The second-order valence-electron chi connectivity index (χ2n) is 5.64. The van der Waals surface area contributed by atoms with E-state index in [9.17, 15) is 9.59 Å². The fraction of sp³-hybridized carbons (Fsp3) is 0.500. The van der Waals surface area contributed by atoms with Crippen molar-refractivity contribution in [3.05, 3.63) is 28.2 Å². The third-order valence-corrected chi connectivity index (χ3v) is 5.60. The van der Waals surface area contributed by atoms with Crippen LogP contribution in [0.5, 0.6) is 0 Å². The van der Waals surface area contributed by atoms with Gasteiger partial charge in [0.2, 0.25) is 5.91 Å². The third-order valence-electron chi connectivity index (χ3n) is 3.88. The highest BCUT2D eigenvalue weighted by atomic mass is 35.5. The Morgan fingerprint density at radius 3 is 2.87 bits per heavy atom. The van der Waals surface area contributed by atoms with Crippen molar-refractivity contribution in [2.45, 2.75) is 30.6 Å². The molecular formula is C16H19Cl2NO3S. The summed E-state index contributed by atoms with van der Waals surface area (Å²) in [5.74, 6) is -0.125. The molecule has 1 N–H and O–H groups in total. The number of likely N-dealkylation sites (tertiary alicyclic amines) is 1. The van der Waals surface area contributed by atoms with Crippen LogP contribution in [0.4, 0.5) is 0 Å². The molecule has 1 saturated heterocycles. The number of piperidine rings is 1. The van der Waals surface area contributed by atoms with E-state index in [1.165, 1.54) is 11.8 Å². The Labute approximate surface area is 150 Å². The van der Waals surface area contributed by atoms with Crippen molar-refractivity contribution in [1.29, 1.82) is 0 Å². The van der Waals surface area contributed by atoms with Gasteiger partial charge >= 0.3 is 5.97 Å². The molecule has 2 rings (SSSR count). The summed E-state index contributed by atoms with van der Waals surface area (Å²) in [6.07, 6.45) is 2.72. The predicted octanol–water partition coefficient (Wildman–Crippen LogP) is 4.19. The zero-order valence-corrected chi connectivity index (χ0v) is 15.0. The third kappa shape index (κ3) is 5.90. The molecule has 1 unspecified atom stereocenters. The van der Waals surface area contributed by atoms with Crippen LogP contribution in [0.3, 0.4) is 0 Å². The van der Waals surface area contributed by atoms with Crippen LogP contribution in [0.2, 0.25) is 10.0 Å². The first-order valence-electron chi connectivity index (χ1n) is 7.53. The average molecular weight is 376 g/mol. The number of aliphatic carboxylic acids is 1. The number of rotatable bonds is 6. The van der Waals surface area contributed by atoms with Crippen LogP contribution in [-0.2, 0) is 9.59 Å². The lowest BCUT2D eigenvalue weighted by molar-refractivity contribution is -0.137. The number of benzene rings is 1. The van der Waals surface area contributed by atoms with Crippen LogP contribution in [0.25, 0.3) is 0 Å². The highest BCUT2D eigenvalue weighted by Crippen LogP contribution is 2.30. The van der Waals surface area contributed by atoms with Crippen LogP contribution >= 0.6 is 35.0 Å². The van der Waals surface area contributed by atoms with Crippen LogP contribution in [0, 0.1) is 5.92 Å². The number of carbonyl (C=O) groups excluding carboxylic acids is 1. The van der Waals surface area contributed by atoms with Crippen LogP contribution in [-0.4, -0.2) is 40.7 Å². The van der Waals surface area contributed by atoms with Gasteiger partial charge < -0.3 is 10.0 Å². The number of nitrogens with zero attached hydrogens (tertiary/aromatic N) is 1. The van der Waals surface area contributed by atoms with E-state index in [0.717, 1.165) is 24.3 Å². The summed E-state index contributed by atoms with van der Waals surface area (Å²) >= 11 is 13.4. The number of hydrogen-bond acceptors (Lipinski definition) is 3. The summed E-state index contributed by atoms with van der Waals surface area (Å²) in [5, 5.41) is 9.95. The minimum atomic E-state index is -0.778. The fourth-order valence-electron chi connectivity index (χ4n) is 2.67. The SMILES string of the molecule is O=C(O)CCC1CCCN(C(=O)CSc2cc(Cl)ccc2Cl)C1. The van der Waals surface area contributed by atoms with Gasteiger partial charge in [-0.1, -0.05) is 23.2 Å². The predicted molar refractivity (Wildman–Crippen MR) is 93.4 cm³/mol. The summed E-state index contributed by atoms with van der Waals surface area (Å²) in [6.45, 7) is 1.39. The normalized spacial score (nSPS) is 18.0. The number of hydrogen-bond donors (Lipinski definition) is 1. The molecule has 1 fully saturated rings. The van der Waals surface area contributed by atoms with E-state index in [-0.39, 0.29) is 18.2 Å². The van der Waals surface area contributed by atoms with Crippen molar-refractivity contribution >= 4 is 46.8 Å². The summed E-state index contributed by atoms with van der Waals surface area (Å²) < 4.78 is 0. The molecule has 7 heteroatoms. The Bertz CT molecular complexity index is 582. The van der Waals surface area contributed by atoms with Crippen molar-refractivity contribution < 1.29 is 14.7 Å². The standard InChI is InChI=1S/C16H19Cl2NO3S/c17-12-4-5-13(18)14(8-12)23-10-15(20)19-7-1-2-11(9-19)3-6-16(21)22/h4-5,8,11H,1-3,6-7,9-10H2,(H,21,22). The molecule has 0 bridgehead atoms. The van der Waals surface area contributed by atoms with Crippen molar-refractivity contribution in [2.75, 3.05) is 18.8 Å². The molecule has 126 valence electrons. The number of halogens is 2. The summed E-state index contributed by atoms with van der Waals surface area (Å²) in [5.41, 5.74) is 0. The number of carboxylic acids is 1. The molecule has 0 aliphatic carbocycles. The number of carboxylic acid groups (broad SMARTS) is 1. The number of amides is 1. The van der Waals surface area contributed by atoms with Gasteiger partial charge in [-0.25, -0.2) is 0 Å². The lowest BCUT2D eigenvalue weighted by atomic mass is 9.93. The van der Waals surface area contributed by atoms with Crippen molar-refractivity contribution in [1.82, 2.24) is 4.90 Å². The molecule has 4 nitrogen and oxygen atoms in total. The molecule has 0 radical (unpaired) electrons. The van der Waals surface area contributed by atoms with E-state index in [0.29, 0.717) is 28.8 Å². The molecule has 23 heavy (non-hydrogen) atoms.